The molecule has 0 saturated heterocycles. The number of anilines is 1. The Morgan fingerprint density at radius 2 is 1.81 bits per heavy atom. The first-order valence-electron chi connectivity index (χ1n) is 9.34. The van der Waals surface area contributed by atoms with Crippen LogP contribution in [-0.2, 0) is 21.4 Å². The molecule has 0 fully saturated rings. The van der Waals surface area contributed by atoms with Crippen LogP contribution in [-0.4, -0.2) is 45.4 Å². The minimum Gasteiger partial charge on any atom is -0.489 e. The minimum absolute atomic E-state index is 0.107. The zero-order valence-corrected chi connectivity index (χ0v) is 18.9. The molecule has 0 bridgehead atoms. The molecule has 0 atom stereocenters. The molecular weight excluding hydrogens is 425 g/mol. The van der Waals surface area contributed by atoms with Gasteiger partial charge in [0, 0.05) is 25.3 Å². The fourth-order valence-corrected chi connectivity index (χ4v) is 3.48. The van der Waals surface area contributed by atoms with Gasteiger partial charge in [-0.3, -0.25) is 5.32 Å². The number of hydrogen-bond donors (Lipinski definition) is 1. The predicted molar refractivity (Wildman–Crippen MR) is 116 cm³/mol. The summed E-state index contributed by atoms with van der Waals surface area (Å²) in [5, 5.41) is 2.51. The van der Waals surface area contributed by atoms with Crippen molar-refractivity contribution in [1.82, 2.24) is 4.90 Å². The molecule has 31 heavy (non-hydrogen) atoms. The molecule has 0 heterocycles. The first-order valence-corrected chi connectivity index (χ1v) is 10.8. The fourth-order valence-electron chi connectivity index (χ4n) is 2.32. The lowest BCUT2D eigenvalue weighted by Crippen LogP contribution is -2.27. The summed E-state index contributed by atoms with van der Waals surface area (Å²) in [7, 11) is -0.821. The van der Waals surface area contributed by atoms with Crippen molar-refractivity contribution in [2.45, 2.75) is 37.9 Å². The summed E-state index contributed by atoms with van der Waals surface area (Å²) >= 11 is 0. The van der Waals surface area contributed by atoms with E-state index in [1.165, 1.54) is 47.4 Å². The summed E-state index contributed by atoms with van der Waals surface area (Å²) < 4.78 is 53.1. The van der Waals surface area contributed by atoms with Gasteiger partial charge in [-0.15, -0.1) is 4.40 Å². The van der Waals surface area contributed by atoms with Crippen molar-refractivity contribution in [1.29, 1.82) is 0 Å². The number of rotatable bonds is 7. The number of benzene rings is 2. The fraction of sp³-hybridized carbons (Fsp3) is 0.333. The number of sulfonamides is 1. The highest BCUT2D eigenvalue weighted by Crippen LogP contribution is 2.25. The summed E-state index contributed by atoms with van der Waals surface area (Å²) in [6.07, 6.45) is 0.441. The Hall–Kier alpha value is -3.14. The van der Waals surface area contributed by atoms with Crippen LogP contribution in [0, 0.1) is 5.82 Å². The van der Waals surface area contributed by atoms with Gasteiger partial charge in [-0.1, -0.05) is 6.07 Å². The summed E-state index contributed by atoms with van der Waals surface area (Å²) in [6, 6.07) is 9.68. The largest absolute Gasteiger partial charge is 0.489 e. The Bertz CT molecular complexity index is 1050. The van der Waals surface area contributed by atoms with Crippen molar-refractivity contribution < 1.29 is 27.1 Å². The number of carbonyl (C=O) groups is 1. The topological polar surface area (TPSA) is 97.3 Å². The normalized spacial score (nSPS) is 11.9. The molecule has 0 unspecified atom stereocenters. The molecule has 1 amide bonds. The number of carbonyl (C=O) groups excluding carboxylic acids is 1. The van der Waals surface area contributed by atoms with Gasteiger partial charge in [0.15, 0.2) is 0 Å². The molecule has 0 spiro atoms. The zero-order chi connectivity index (χ0) is 23.2. The molecule has 0 radical (unpaired) electrons. The molecule has 8 nitrogen and oxygen atoms in total. The van der Waals surface area contributed by atoms with E-state index in [4.69, 9.17) is 9.47 Å². The van der Waals surface area contributed by atoms with Crippen molar-refractivity contribution in [3.63, 3.8) is 0 Å². The Labute approximate surface area is 181 Å². The van der Waals surface area contributed by atoms with Gasteiger partial charge >= 0.3 is 6.09 Å². The van der Waals surface area contributed by atoms with Gasteiger partial charge in [0.25, 0.3) is 10.0 Å². The van der Waals surface area contributed by atoms with Gasteiger partial charge in [0.1, 0.15) is 30.1 Å². The summed E-state index contributed by atoms with van der Waals surface area (Å²) in [5.41, 5.74) is -0.175. The van der Waals surface area contributed by atoms with E-state index in [2.05, 4.69) is 9.71 Å². The van der Waals surface area contributed by atoms with Crippen molar-refractivity contribution in [2.75, 3.05) is 19.4 Å². The first-order chi connectivity index (χ1) is 14.4. The molecule has 168 valence electrons. The van der Waals surface area contributed by atoms with Crippen LogP contribution in [0.15, 0.2) is 51.8 Å². The molecule has 10 heteroatoms. The lowest BCUT2D eigenvalue weighted by molar-refractivity contribution is 0.0636. The van der Waals surface area contributed by atoms with Gasteiger partial charge < -0.3 is 14.4 Å². The number of hydrogen-bond acceptors (Lipinski definition) is 5. The molecule has 0 aromatic heterocycles. The van der Waals surface area contributed by atoms with E-state index in [0.717, 1.165) is 6.34 Å². The van der Waals surface area contributed by atoms with Crippen LogP contribution in [0.25, 0.3) is 0 Å². The molecular formula is C21H26FN3O5S. The van der Waals surface area contributed by atoms with E-state index < -0.39 is 27.5 Å². The van der Waals surface area contributed by atoms with E-state index in [0.29, 0.717) is 11.3 Å². The SMILES string of the molecule is CN(C)/C=N/S(=O)(=O)c1cc(NC(=O)OC(C)(C)C)ccc1COc1ccc(F)cc1. The monoisotopic (exact) mass is 451 g/mol. The average Bonchev–Trinajstić information content (AvgIpc) is 2.65. The van der Waals surface area contributed by atoms with Crippen LogP contribution in [0.1, 0.15) is 26.3 Å². The minimum atomic E-state index is -4.09. The molecule has 2 rings (SSSR count). The van der Waals surface area contributed by atoms with Gasteiger partial charge in [-0.05, 0) is 57.2 Å². The van der Waals surface area contributed by atoms with E-state index in [9.17, 15) is 17.6 Å². The van der Waals surface area contributed by atoms with E-state index in [1.54, 1.807) is 34.9 Å². The van der Waals surface area contributed by atoms with Crippen molar-refractivity contribution in [2.24, 2.45) is 4.40 Å². The van der Waals surface area contributed by atoms with Crippen molar-refractivity contribution in [3.05, 3.63) is 53.8 Å². The Morgan fingerprint density at radius 1 is 1.16 bits per heavy atom. The second kappa shape index (κ2) is 9.78. The molecule has 0 saturated carbocycles. The maximum absolute atomic E-state index is 13.1. The lowest BCUT2D eigenvalue weighted by Gasteiger charge is -2.20. The third kappa shape index (κ3) is 7.89. The molecule has 0 aliphatic heterocycles. The smallest absolute Gasteiger partial charge is 0.412 e. The molecule has 0 aliphatic rings. The van der Waals surface area contributed by atoms with Crippen LogP contribution in [0.5, 0.6) is 5.75 Å². The van der Waals surface area contributed by atoms with Crippen LogP contribution in [0.3, 0.4) is 0 Å². The Kier molecular flexibility index (Phi) is 7.61. The standard InChI is InChI=1S/C21H26FN3O5S/c1-21(2,3)30-20(26)24-17-9-6-15(13-29-18-10-7-16(22)8-11-18)19(12-17)31(27,28)23-14-25(4)5/h6-12,14H,13H2,1-5H3,(H,24,26)/b23-14+. The number of halogens is 1. The summed E-state index contributed by atoms with van der Waals surface area (Å²) in [5.74, 6) is -0.0382. The molecule has 1 N–H and O–H groups in total. The Morgan fingerprint density at radius 3 is 2.39 bits per heavy atom. The van der Waals surface area contributed by atoms with Gasteiger partial charge in [-0.2, -0.15) is 8.42 Å². The number of nitrogens with one attached hydrogen (secondary N) is 1. The second-order valence-electron chi connectivity index (χ2n) is 7.85. The maximum atomic E-state index is 13.1. The highest BCUT2D eigenvalue weighted by Gasteiger charge is 2.21. The molecule has 2 aromatic rings. The lowest BCUT2D eigenvalue weighted by atomic mass is 10.2. The molecule has 2 aromatic carbocycles. The predicted octanol–water partition coefficient (Wildman–Crippen LogP) is 4.03. The maximum Gasteiger partial charge on any atom is 0.412 e. The summed E-state index contributed by atoms with van der Waals surface area (Å²) in [4.78, 5) is 13.4. The van der Waals surface area contributed by atoms with Gasteiger partial charge in [0.05, 0.1) is 4.90 Å². The van der Waals surface area contributed by atoms with Gasteiger partial charge in [0.2, 0.25) is 0 Å². The zero-order valence-electron chi connectivity index (χ0n) is 18.0. The van der Waals surface area contributed by atoms with Crippen molar-refractivity contribution in [3.8, 4) is 5.75 Å². The van der Waals surface area contributed by atoms with Crippen LogP contribution >= 0.6 is 0 Å². The van der Waals surface area contributed by atoms with E-state index >= 15 is 0 Å². The quantitative estimate of drug-likeness (QED) is 0.504. The van der Waals surface area contributed by atoms with Crippen LogP contribution < -0.4 is 10.1 Å². The van der Waals surface area contributed by atoms with Crippen LogP contribution in [0.4, 0.5) is 14.9 Å². The summed E-state index contributed by atoms with van der Waals surface area (Å²) in [6.45, 7) is 5.04. The average molecular weight is 452 g/mol. The number of nitrogens with zero attached hydrogens (tertiary/aromatic N) is 2. The third-order valence-electron chi connectivity index (χ3n) is 3.62. The highest BCUT2D eigenvalue weighted by atomic mass is 32.2. The molecule has 0 aliphatic carbocycles. The van der Waals surface area contributed by atoms with Gasteiger partial charge in [-0.25, -0.2) is 9.18 Å². The van der Waals surface area contributed by atoms with E-state index in [1.807, 2.05) is 0 Å². The third-order valence-corrected chi connectivity index (χ3v) is 4.92. The van der Waals surface area contributed by atoms with Crippen LogP contribution in [0.2, 0.25) is 0 Å². The second-order valence-corrected chi connectivity index (χ2v) is 9.45. The number of amides is 1. The highest BCUT2D eigenvalue weighted by molar-refractivity contribution is 7.90. The Balaban J connectivity index is 2.34. The van der Waals surface area contributed by atoms with Crippen molar-refractivity contribution >= 4 is 28.1 Å². The first kappa shape index (κ1) is 24.1. The number of ether oxygens (including phenoxy) is 2. The van der Waals surface area contributed by atoms with E-state index in [-0.39, 0.29) is 17.2 Å².